The minimum atomic E-state index is -0.455. The lowest BCUT2D eigenvalue weighted by Gasteiger charge is -2.43. The van der Waals surface area contributed by atoms with Crippen LogP contribution in [-0.2, 0) is 27.0 Å². The van der Waals surface area contributed by atoms with Crippen LogP contribution in [0.3, 0.4) is 0 Å². The minimum Gasteiger partial charge on any atom is -0.355 e. The maximum absolute atomic E-state index is 13.6. The predicted octanol–water partition coefficient (Wildman–Crippen LogP) is 4.43. The molecule has 0 aromatic heterocycles. The normalized spacial score (nSPS) is 22.7. The molecule has 5 nitrogen and oxygen atoms in total. The summed E-state index contributed by atoms with van der Waals surface area (Å²) >= 11 is 0. The number of hydrogen-bond acceptors (Lipinski definition) is 3. The third-order valence-corrected chi connectivity index (χ3v) is 8.27. The first-order valence-electron chi connectivity index (χ1n) is 13.5. The maximum atomic E-state index is 13.6. The highest BCUT2D eigenvalue weighted by Gasteiger charge is 2.61. The van der Waals surface area contributed by atoms with E-state index >= 15 is 0 Å². The average Bonchev–Trinajstić information content (AvgIpc) is 3.66. The van der Waals surface area contributed by atoms with Crippen LogP contribution in [0, 0.1) is 5.92 Å². The Morgan fingerprint density at radius 3 is 2.00 bits per heavy atom. The van der Waals surface area contributed by atoms with Crippen LogP contribution in [0.4, 0.5) is 0 Å². The summed E-state index contributed by atoms with van der Waals surface area (Å²) in [4.78, 5) is 28.2. The molecule has 2 fully saturated rings. The van der Waals surface area contributed by atoms with Crippen molar-refractivity contribution in [3.8, 4) is 0 Å². The Morgan fingerprint density at radius 2 is 1.41 bits per heavy atom. The van der Waals surface area contributed by atoms with Crippen molar-refractivity contribution < 1.29 is 9.59 Å². The van der Waals surface area contributed by atoms with Gasteiger partial charge in [0.25, 0.3) is 0 Å². The lowest BCUT2D eigenvalue weighted by molar-refractivity contribution is -0.124. The molecule has 192 valence electrons. The second-order valence-electron chi connectivity index (χ2n) is 10.7. The molecular weight excluding hydrogens is 458 g/mol. The summed E-state index contributed by atoms with van der Waals surface area (Å²) in [6, 6.07) is 30.9. The van der Waals surface area contributed by atoms with Gasteiger partial charge in [0.2, 0.25) is 11.8 Å². The number of piperidine rings is 1. The smallest absolute Gasteiger partial charge is 0.231 e. The molecule has 3 aromatic carbocycles. The monoisotopic (exact) mass is 495 g/mol. The van der Waals surface area contributed by atoms with Gasteiger partial charge in [-0.15, -0.1) is 0 Å². The summed E-state index contributed by atoms with van der Waals surface area (Å²) in [6.07, 6.45) is 3.44. The van der Waals surface area contributed by atoms with Crippen molar-refractivity contribution in [1.82, 2.24) is 15.5 Å². The van der Waals surface area contributed by atoms with Crippen LogP contribution >= 0.6 is 0 Å². The summed E-state index contributed by atoms with van der Waals surface area (Å²) in [5.41, 5.74) is 2.75. The number of amides is 2. The van der Waals surface area contributed by atoms with E-state index in [9.17, 15) is 9.59 Å². The van der Waals surface area contributed by atoms with Crippen molar-refractivity contribution in [2.75, 3.05) is 26.2 Å². The van der Waals surface area contributed by atoms with Gasteiger partial charge in [-0.1, -0.05) is 91.0 Å². The number of nitrogens with one attached hydrogen (secondary N) is 2. The summed E-state index contributed by atoms with van der Waals surface area (Å²) in [7, 11) is 0. The van der Waals surface area contributed by atoms with Crippen molar-refractivity contribution in [3.63, 3.8) is 0 Å². The molecule has 2 aliphatic rings. The highest BCUT2D eigenvalue weighted by atomic mass is 16.2. The number of nitrogens with zero attached hydrogens (tertiary/aromatic N) is 1. The van der Waals surface area contributed by atoms with E-state index in [0.29, 0.717) is 6.54 Å². The maximum Gasteiger partial charge on any atom is 0.231 e. The van der Waals surface area contributed by atoms with E-state index in [-0.39, 0.29) is 23.3 Å². The van der Waals surface area contributed by atoms with Crippen LogP contribution in [0.2, 0.25) is 0 Å². The number of benzene rings is 3. The number of carbonyl (C=O) groups excluding carboxylic acids is 2. The minimum absolute atomic E-state index is 0.00904. The molecule has 1 saturated heterocycles. The Balaban J connectivity index is 1.24. The van der Waals surface area contributed by atoms with Crippen molar-refractivity contribution in [3.05, 3.63) is 108 Å². The zero-order chi connectivity index (χ0) is 25.7. The zero-order valence-corrected chi connectivity index (χ0v) is 21.7. The summed E-state index contributed by atoms with van der Waals surface area (Å²) in [6.45, 7) is 4.93. The molecule has 1 aliphatic carbocycles. The SMILES string of the molecule is CC(=O)NC1(c2ccccc2)CCN(CC2CC2(C(=O)NCCc2ccccc2)c2ccccc2)CC1. The van der Waals surface area contributed by atoms with E-state index in [2.05, 4.69) is 51.9 Å². The van der Waals surface area contributed by atoms with Gasteiger partial charge >= 0.3 is 0 Å². The fraction of sp³-hybridized carbons (Fsp3) is 0.375. The quantitative estimate of drug-likeness (QED) is 0.462. The third kappa shape index (κ3) is 5.47. The Hall–Kier alpha value is -3.44. The summed E-state index contributed by atoms with van der Waals surface area (Å²) in [5, 5.41) is 6.52. The second-order valence-corrected chi connectivity index (χ2v) is 10.7. The third-order valence-electron chi connectivity index (χ3n) is 8.27. The topological polar surface area (TPSA) is 61.4 Å². The first-order chi connectivity index (χ1) is 18.0. The first-order valence-corrected chi connectivity index (χ1v) is 13.5. The van der Waals surface area contributed by atoms with E-state index < -0.39 is 5.41 Å². The number of likely N-dealkylation sites (tertiary alicyclic amines) is 1. The highest BCUT2D eigenvalue weighted by molar-refractivity contribution is 5.92. The van der Waals surface area contributed by atoms with E-state index in [1.807, 2.05) is 54.6 Å². The molecule has 1 aliphatic heterocycles. The second kappa shape index (κ2) is 10.9. The lowest BCUT2D eigenvalue weighted by atomic mass is 9.80. The van der Waals surface area contributed by atoms with Gasteiger partial charge in [-0.2, -0.15) is 0 Å². The Labute approximate surface area is 220 Å². The van der Waals surface area contributed by atoms with Gasteiger partial charge in [-0.05, 0) is 48.3 Å². The summed E-state index contributed by atoms with van der Waals surface area (Å²) in [5.74, 6) is 0.444. The Bertz CT molecular complexity index is 1190. The predicted molar refractivity (Wildman–Crippen MR) is 147 cm³/mol. The molecular formula is C32H37N3O2. The van der Waals surface area contributed by atoms with E-state index in [0.717, 1.165) is 50.9 Å². The van der Waals surface area contributed by atoms with Gasteiger partial charge in [-0.25, -0.2) is 0 Å². The molecule has 0 spiro atoms. The molecule has 5 heteroatoms. The molecule has 0 radical (unpaired) electrons. The number of hydrogen-bond donors (Lipinski definition) is 2. The van der Waals surface area contributed by atoms with E-state index in [4.69, 9.17) is 0 Å². The van der Waals surface area contributed by atoms with Crippen LogP contribution < -0.4 is 10.6 Å². The van der Waals surface area contributed by atoms with Crippen LogP contribution in [0.25, 0.3) is 0 Å². The van der Waals surface area contributed by atoms with Crippen LogP contribution in [-0.4, -0.2) is 42.9 Å². The van der Waals surface area contributed by atoms with E-state index in [1.54, 1.807) is 6.92 Å². The van der Waals surface area contributed by atoms with Crippen LogP contribution in [0.15, 0.2) is 91.0 Å². The van der Waals surface area contributed by atoms with Gasteiger partial charge < -0.3 is 15.5 Å². The average molecular weight is 496 g/mol. The standard InChI is InChI=1S/C32H37N3O2/c1-25(36)34-31(27-13-7-3-8-14-27)18-21-35(22-19-31)24-29-23-32(29,28-15-9-4-10-16-28)30(37)33-20-17-26-11-5-2-6-12-26/h2-16,29H,17-24H2,1H3,(H,33,37)(H,34,36). The molecule has 1 saturated carbocycles. The van der Waals surface area contributed by atoms with Gasteiger partial charge in [0.15, 0.2) is 0 Å². The van der Waals surface area contributed by atoms with Crippen LogP contribution in [0.1, 0.15) is 42.9 Å². The van der Waals surface area contributed by atoms with Crippen molar-refractivity contribution in [1.29, 1.82) is 0 Å². The van der Waals surface area contributed by atoms with Gasteiger partial charge in [0.1, 0.15) is 0 Å². The first kappa shape index (κ1) is 25.2. The van der Waals surface area contributed by atoms with Gasteiger partial charge in [-0.3, -0.25) is 9.59 Å². The molecule has 37 heavy (non-hydrogen) atoms. The van der Waals surface area contributed by atoms with Gasteiger partial charge in [0, 0.05) is 33.1 Å². The van der Waals surface area contributed by atoms with Gasteiger partial charge in [0.05, 0.1) is 11.0 Å². The highest BCUT2D eigenvalue weighted by Crippen LogP contribution is 2.55. The molecule has 2 amide bonds. The number of carbonyl (C=O) groups is 2. The molecule has 2 unspecified atom stereocenters. The van der Waals surface area contributed by atoms with Crippen molar-refractivity contribution in [2.24, 2.45) is 5.92 Å². The fourth-order valence-electron chi connectivity index (χ4n) is 6.18. The Morgan fingerprint density at radius 1 is 0.838 bits per heavy atom. The molecule has 2 atom stereocenters. The largest absolute Gasteiger partial charge is 0.355 e. The fourth-order valence-corrected chi connectivity index (χ4v) is 6.18. The Kier molecular flexibility index (Phi) is 7.43. The molecule has 1 heterocycles. The molecule has 0 bridgehead atoms. The van der Waals surface area contributed by atoms with E-state index in [1.165, 1.54) is 11.1 Å². The zero-order valence-electron chi connectivity index (χ0n) is 21.7. The molecule has 5 rings (SSSR count). The van der Waals surface area contributed by atoms with Crippen molar-refractivity contribution in [2.45, 2.75) is 43.6 Å². The van der Waals surface area contributed by atoms with Crippen molar-refractivity contribution >= 4 is 11.8 Å². The van der Waals surface area contributed by atoms with Crippen LogP contribution in [0.5, 0.6) is 0 Å². The molecule has 3 aromatic rings. The lowest BCUT2D eigenvalue weighted by Crippen LogP contribution is -2.53. The summed E-state index contributed by atoms with van der Waals surface area (Å²) < 4.78 is 0. The molecule has 2 N–H and O–H groups in total. The number of rotatable bonds is 9.